The Balaban J connectivity index is 1.57. The highest BCUT2D eigenvalue weighted by Gasteiger charge is 2.50. The summed E-state index contributed by atoms with van der Waals surface area (Å²) >= 11 is 0. The third kappa shape index (κ3) is 8.15. The van der Waals surface area contributed by atoms with Crippen molar-refractivity contribution in [3.63, 3.8) is 0 Å². The standard InChI is InChI=1S/C32H51N3O7/c1-7-8-13-33(14-9-10-15-35(4,5)6)28(36)21-34-20-24(23-11-12-26-27(18-23)42-22-41-26)29(30(37)38)25(34)19-32(2,3)31-39-16-17-40-31/h11-12,18,24-25,29,31H,7-10,13-17,19-22H2,1-6H3/p+1/t24-,25+,29?/m1/s1. The molecule has 3 aliphatic heterocycles. The minimum absolute atomic E-state index is 0.0698. The first kappa shape index (κ1) is 32.5. The number of hydrogen-bond donors (Lipinski definition) is 1. The highest BCUT2D eigenvalue weighted by Crippen LogP contribution is 2.46. The van der Waals surface area contributed by atoms with E-state index in [2.05, 4.69) is 46.8 Å². The number of quaternary nitrogens is 1. The fourth-order valence-electron chi connectivity index (χ4n) is 6.55. The zero-order valence-corrected chi connectivity index (χ0v) is 26.5. The molecule has 10 nitrogen and oxygen atoms in total. The number of benzene rings is 1. The number of hydrogen-bond acceptors (Lipinski definition) is 7. The maximum atomic E-state index is 13.9. The Hall–Kier alpha value is -2.40. The van der Waals surface area contributed by atoms with Crippen LogP contribution in [0.1, 0.15) is 64.4 Å². The van der Waals surface area contributed by atoms with Gasteiger partial charge in [-0.25, -0.2) is 0 Å². The van der Waals surface area contributed by atoms with Crippen LogP contribution in [0.15, 0.2) is 18.2 Å². The van der Waals surface area contributed by atoms with Gasteiger partial charge in [0.05, 0.1) is 53.4 Å². The van der Waals surface area contributed by atoms with Crippen molar-refractivity contribution >= 4 is 11.9 Å². The van der Waals surface area contributed by atoms with Gasteiger partial charge in [0, 0.05) is 37.0 Å². The first-order valence-electron chi connectivity index (χ1n) is 15.6. The predicted molar refractivity (Wildman–Crippen MR) is 160 cm³/mol. The third-order valence-corrected chi connectivity index (χ3v) is 8.83. The van der Waals surface area contributed by atoms with Crippen molar-refractivity contribution in [1.29, 1.82) is 0 Å². The number of carbonyl (C=O) groups is 2. The molecule has 3 aliphatic rings. The second kappa shape index (κ2) is 13.9. The molecule has 1 N–H and O–H groups in total. The summed E-state index contributed by atoms with van der Waals surface area (Å²) in [5, 5.41) is 10.6. The quantitative estimate of drug-likeness (QED) is 0.244. The van der Waals surface area contributed by atoms with Gasteiger partial charge in [-0.2, -0.15) is 0 Å². The molecular weight excluding hydrogens is 538 g/mol. The molecule has 1 aromatic carbocycles. The van der Waals surface area contributed by atoms with Gasteiger partial charge in [-0.1, -0.05) is 33.3 Å². The minimum Gasteiger partial charge on any atom is -0.481 e. The molecule has 236 valence electrons. The van der Waals surface area contributed by atoms with Crippen molar-refractivity contribution in [2.24, 2.45) is 11.3 Å². The summed E-state index contributed by atoms with van der Waals surface area (Å²) in [6, 6.07) is 5.33. The molecule has 2 fully saturated rings. The third-order valence-electron chi connectivity index (χ3n) is 8.83. The maximum absolute atomic E-state index is 13.9. The van der Waals surface area contributed by atoms with Gasteiger partial charge < -0.3 is 33.4 Å². The van der Waals surface area contributed by atoms with Gasteiger partial charge >= 0.3 is 5.97 Å². The molecule has 4 rings (SSSR count). The van der Waals surface area contributed by atoms with Crippen LogP contribution >= 0.6 is 0 Å². The van der Waals surface area contributed by atoms with Crippen molar-refractivity contribution in [2.75, 3.05) is 73.9 Å². The zero-order valence-electron chi connectivity index (χ0n) is 26.5. The van der Waals surface area contributed by atoms with Gasteiger partial charge in [0.25, 0.3) is 0 Å². The number of carboxylic acid groups (broad SMARTS) is 1. The molecule has 3 atom stereocenters. The number of ether oxygens (including phenoxy) is 4. The molecule has 42 heavy (non-hydrogen) atoms. The molecule has 2 saturated heterocycles. The highest BCUT2D eigenvalue weighted by molar-refractivity contribution is 5.79. The SMILES string of the molecule is CCCCN(CCCC[N+](C)(C)C)C(=O)CN1C[C@H](c2ccc3c(c2)OCO3)C(C(=O)O)[C@@H]1CC(C)(C)C1OCCO1. The highest BCUT2D eigenvalue weighted by atomic mass is 16.7. The largest absolute Gasteiger partial charge is 0.481 e. The summed E-state index contributed by atoms with van der Waals surface area (Å²) in [6.07, 6.45) is 4.09. The van der Waals surface area contributed by atoms with E-state index in [9.17, 15) is 14.7 Å². The molecular formula is C32H52N3O7+. The molecule has 0 radical (unpaired) electrons. The predicted octanol–water partition coefficient (Wildman–Crippen LogP) is 3.79. The average Bonchev–Trinajstić information content (AvgIpc) is 3.68. The molecule has 0 saturated carbocycles. The summed E-state index contributed by atoms with van der Waals surface area (Å²) in [6.45, 7) is 10.7. The zero-order chi connectivity index (χ0) is 30.5. The molecule has 1 unspecified atom stereocenters. The second-order valence-corrected chi connectivity index (χ2v) is 13.8. The number of likely N-dealkylation sites (tertiary alicyclic amines) is 1. The Morgan fingerprint density at radius 1 is 1.05 bits per heavy atom. The Bertz CT molecular complexity index is 1070. The van der Waals surface area contributed by atoms with Crippen LogP contribution in [0, 0.1) is 11.3 Å². The van der Waals surface area contributed by atoms with Crippen LogP contribution in [0.3, 0.4) is 0 Å². The van der Waals surface area contributed by atoms with Crippen LogP contribution in [0.4, 0.5) is 0 Å². The van der Waals surface area contributed by atoms with Gasteiger partial charge in [-0.15, -0.1) is 0 Å². The monoisotopic (exact) mass is 590 g/mol. The lowest BCUT2D eigenvalue weighted by Crippen LogP contribution is -2.47. The Kier molecular flexibility index (Phi) is 10.8. The lowest BCUT2D eigenvalue weighted by atomic mass is 9.77. The van der Waals surface area contributed by atoms with Gasteiger partial charge in [0.1, 0.15) is 0 Å². The van der Waals surface area contributed by atoms with E-state index >= 15 is 0 Å². The van der Waals surface area contributed by atoms with Crippen LogP contribution in [-0.4, -0.2) is 117 Å². The lowest BCUT2D eigenvalue weighted by Gasteiger charge is -2.37. The van der Waals surface area contributed by atoms with Crippen molar-refractivity contribution in [3.05, 3.63) is 23.8 Å². The number of nitrogens with zero attached hydrogens (tertiary/aromatic N) is 3. The van der Waals surface area contributed by atoms with Crippen molar-refractivity contribution in [1.82, 2.24) is 9.80 Å². The number of unbranched alkanes of at least 4 members (excludes halogenated alkanes) is 2. The number of carboxylic acids is 1. The summed E-state index contributed by atoms with van der Waals surface area (Å²) in [5.74, 6) is -0.488. The molecule has 0 aromatic heterocycles. The number of rotatable bonds is 15. The molecule has 0 bridgehead atoms. The van der Waals surface area contributed by atoms with E-state index in [0.717, 1.165) is 55.4 Å². The van der Waals surface area contributed by atoms with E-state index in [1.54, 1.807) is 0 Å². The van der Waals surface area contributed by atoms with Crippen LogP contribution < -0.4 is 9.47 Å². The molecule has 0 spiro atoms. The van der Waals surface area contributed by atoms with E-state index in [0.29, 0.717) is 37.7 Å². The van der Waals surface area contributed by atoms with Crippen molar-refractivity contribution in [3.8, 4) is 11.5 Å². The Morgan fingerprint density at radius 3 is 2.40 bits per heavy atom. The van der Waals surface area contributed by atoms with E-state index < -0.39 is 23.6 Å². The van der Waals surface area contributed by atoms with Crippen molar-refractivity contribution in [2.45, 2.75) is 71.1 Å². The Morgan fingerprint density at radius 2 is 1.74 bits per heavy atom. The van der Waals surface area contributed by atoms with Crippen LogP contribution in [0.2, 0.25) is 0 Å². The van der Waals surface area contributed by atoms with Crippen LogP contribution in [0.5, 0.6) is 11.5 Å². The normalized spacial score (nSPS) is 23.0. The number of fused-ring (bicyclic) bond motifs is 1. The van der Waals surface area contributed by atoms with Gasteiger partial charge in [-0.3, -0.25) is 14.5 Å². The second-order valence-electron chi connectivity index (χ2n) is 13.8. The lowest BCUT2D eigenvalue weighted by molar-refractivity contribution is -0.870. The first-order valence-corrected chi connectivity index (χ1v) is 15.6. The van der Waals surface area contributed by atoms with E-state index in [4.69, 9.17) is 18.9 Å². The maximum Gasteiger partial charge on any atom is 0.308 e. The molecule has 10 heteroatoms. The smallest absolute Gasteiger partial charge is 0.308 e. The summed E-state index contributed by atoms with van der Waals surface area (Å²) in [5.41, 5.74) is 0.452. The summed E-state index contributed by atoms with van der Waals surface area (Å²) in [4.78, 5) is 30.9. The van der Waals surface area contributed by atoms with E-state index in [1.807, 2.05) is 23.1 Å². The number of amides is 1. The topological polar surface area (TPSA) is 97.8 Å². The van der Waals surface area contributed by atoms with Gasteiger partial charge in [0.15, 0.2) is 17.8 Å². The van der Waals surface area contributed by atoms with E-state index in [-0.39, 0.29) is 31.2 Å². The Labute approximate surface area is 251 Å². The number of carbonyl (C=O) groups excluding carboxylic acids is 1. The first-order chi connectivity index (χ1) is 19.9. The fourth-order valence-corrected chi connectivity index (χ4v) is 6.55. The molecule has 3 heterocycles. The molecule has 1 aromatic rings. The van der Waals surface area contributed by atoms with Gasteiger partial charge in [-0.05, 0) is 43.4 Å². The summed E-state index contributed by atoms with van der Waals surface area (Å²) in [7, 11) is 6.56. The minimum atomic E-state index is -0.857. The fraction of sp³-hybridized carbons (Fsp3) is 0.750. The molecule has 0 aliphatic carbocycles. The molecule has 1 amide bonds. The number of aliphatic carboxylic acids is 1. The van der Waals surface area contributed by atoms with Crippen LogP contribution in [0.25, 0.3) is 0 Å². The van der Waals surface area contributed by atoms with Crippen LogP contribution in [-0.2, 0) is 19.1 Å². The summed E-state index contributed by atoms with van der Waals surface area (Å²) < 4.78 is 23.8. The van der Waals surface area contributed by atoms with Crippen molar-refractivity contribution < 1.29 is 38.1 Å². The van der Waals surface area contributed by atoms with Gasteiger partial charge in [0.2, 0.25) is 12.7 Å². The average molecular weight is 591 g/mol. The van der Waals surface area contributed by atoms with E-state index in [1.165, 1.54) is 0 Å².